The van der Waals surface area contributed by atoms with E-state index in [4.69, 9.17) is 16.3 Å². The topological polar surface area (TPSA) is 41.6 Å². The van der Waals surface area contributed by atoms with E-state index in [1.54, 1.807) is 29.2 Å². The normalized spacial score (nSPS) is 20.1. The van der Waals surface area contributed by atoms with Gasteiger partial charge in [0.15, 0.2) is 0 Å². The van der Waals surface area contributed by atoms with E-state index in [9.17, 15) is 4.79 Å². The Balaban J connectivity index is 2.01. The molecule has 1 aliphatic rings. The van der Waals surface area contributed by atoms with Crippen molar-refractivity contribution >= 4 is 23.3 Å². The Labute approximate surface area is 106 Å². The number of benzene rings is 1. The van der Waals surface area contributed by atoms with Crippen LogP contribution in [-0.4, -0.2) is 30.3 Å². The van der Waals surface area contributed by atoms with Gasteiger partial charge in [0.05, 0.1) is 6.61 Å². The van der Waals surface area contributed by atoms with Crippen molar-refractivity contribution in [2.45, 2.75) is 19.6 Å². The summed E-state index contributed by atoms with van der Waals surface area (Å²) in [5, 5.41) is 3.41. The molecule has 1 N–H and O–H groups in total. The monoisotopic (exact) mass is 254 g/mol. The molecule has 1 aromatic carbocycles. The molecule has 0 radical (unpaired) electrons. The van der Waals surface area contributed by atoms with E-state index < -0.39 is 0 Å². The highest BCUT2D eigenvalue weighted by molar-refractivity contribution is 6.30. The summed E-state index contributed by atoms with van der Waals surface area (Å²) >= 11 is 5.85. The van der Waals surface area contributed by atoms with Crippen LogP contribution in [0.2, 0.25) is 5.02 Å². The first-order chi connectivity index (χ1) is 8.16. The predicted octanol–water partition coefficient (Wildman–Crippen LogP) is 2.94. The second-order valence-corrected chi connectivity index (χ2v) is 4.39. The molecule has 4 nitrogen and oxygen atoms in total. The summed E-state index contributed by atoms with van der Waals surface area (Å²) in [4.78, 5) is 13.7. The van der Waals surface area contributed by atoms with E-state index in [2.05, 4.69) is 5.32 Å². The minimum absolute atomic E-state index is 0.153. The molecule has 0 saturated carbocycles. The number of nitrogens with one attached hydrogen (secondary N) is 1. The van der Waals surface area contributed by atoms with Crippen LogP contribution in [-0.2, 0) is 4.74 Å². The average molecular weight is 255 g/mol. The first-order valence-corrected chi connectivity index (χ1v) is 5.99. The smallest absolute Gasteiger partial charge is 0.323 e. The molecule has 1 unspecified atom stereocenters. The van der Waals surface area contributed by atoms with Crippen LogP contribution in [0.1, 0.15) is 13.3 Å². The molecule has 92 valence electrons. The van der Waals surface area contributed by atoms with Crippen molar-refractivity contribution in [1.29, 1.82) is 0 Å². The molecule has 1 saturated heterocycles. The van der Waals surface area contributed by atoms with Crippen molar-refractivity contribution in [2.24, 2.45) is 0 Å². The van der Waals surface area contributed by atoms with Crippen LogP contribution in [0.25, 0.3) is 0 Å². The van der Waals surface area contributed by atoms with Crippen molar-refractivity contribution in [3.05, 3.63) is 29.3 Å². The molecule has 17 heavy (non-hydrogen) atoms. The lowest BCUT2D eigenvalue weighted by Crippen LogP contribution is -2.46. The third kappa shape index (κ3) is 3.11. The number of halogens is 1. The number of urea groups is 1. The van der Waals surface area contributed by atoms with Gasteiger partial charge < -0.3 is 10.1 Å². The van der Waals surface area contributed by atoms with Crippen LogP contribution >= 0.6 is 11.6 Å². The Morgan fingerprint density at radius 3 is 3.12 bits per heavy atom. The van der Waals surface area contributed by atoms with Crippen LogP contribution in [0, 0.1) is 0 Å². The van der Waals surface area contributed by atoms with Crippen molar-refractivity contribution in [2.75, 3.05) is 18.5 Å². The quantitative estimate of drug-likeness (QED) is 0.837. The molecule has 2 amide bonds. The molecule has 5 heteroatoms. The van der Waals surface area contributed by atoms with E-state index in [1.165, 1.54) is 0 Å². The third-order valence-electron chi connectivity index (χ3n) is 2.68. The number of nitrogens with zero attached hydrogens (tertiary/aromatic N) is 1. The standard InChI is InChI=1S/C12H15ClN2O2/c1-9-15(6-3-7-17-9)12(16)14-11-5-2-4-10(13)8-11/h2,4-5,8-9H,3,6-7H2,1H3,(H,14,16). The maximum atomic E-state index is 12.0. The average Bonchev–Trinajstić information content (AvgIpc) is 2.29. The zero-order valence-corrected chi connectivity index (χ0v) is 10.4. The highest BCUT2D eigenvalue weighted by atomic mass is 35.5. The van der Waals surface area contributed by atoms with E-state index in [0.29, 0.717) is 23.9 Å². The zero-order valence-electron chi connectivity index (χ0n) is 9.65. The molecule has 0 aromatic heterocycles. The first-order valence-electron chi connectivity index (χ1n) is 5.61. The van der Waals surface area contributed by atoms with Gasteiger partial charge in [-0.2, -0.15) is 0 Å². The molecule has 0 aliphatic carbocycles. The van der Waals surface area contributed by atoms with Crippen LogP contribution in [0.5, 0.6) is 0 Å². The summed E-state index contributed by atoms with van der Waals surface area (Å²) in [5.74, 6) is 0. The van der Waals surface area contributed by atoms with Crippen molar-refractivity contribution < 1.29 is 9.53 Å². The fourth-order valence-corrected chi connectivity index (χ4v) is 1.98. The maximum absolute atomic E-state index is 12.0. The number of ether oxygens (including phenoxy) is 1. The Morgan fingerprint density at radius 2 is 2.41 bits per heavy atom. The summed E-state index contributed by atoms with van der Waals surface area (Å²) in [7, 11) is 0. The number of anilines is 1. The van der Waals surface area contributed by atoms with Gasteiger partial charge in [-0.15, -0.1) is 0 Å². The van der Waals surface area contributed by atoms with Gasteiger partial charge in [0.2, 0.25) is 0 Å². The zero-order chi connectivity index (χ0) is 12.3. The summed E-state index contributed by atoms with van der Waals surface area (Å²) < 4.78 is 5.41. The van der Waals surface area contributed by atoms with Gasteiger partial charge in [-0.3, -0.25) is 4.90 Å². The van der Waals surface area contributed by atoms with Crippen LogP contribution < -0.4 is 5.32 Å². The van der Waals surface area contributed by atoms with Gasteiger partial charge in [0, 0.05) is 17.3 Å². The van der Waals surface area contributed by atoms with Gasteiger partial charge in [-0.05, 0) is 31.5 Å². The molecular weight excluding hydrogens is 240 g/mol. The van der Waals surface area contributed by atoms with Gasteiger partial charge >= 0.3 is 6.03 Å². The number of carbonyl (C=O) groups is 1. The molecule has 1 fully saturated rings. The van der Waals surface area contributed by atoms with Gasteiger partial charge in [0.25, 0.3) is 0 Å². The number of rotatable bonds is 1. The molecular formula is C12H15ClN2O2. The van der Waals surface area contributed by atoms with Gasteiger partial charge in [-0.1, -0.05) is 17.7 Å². The molecule has 1 aliphatic heterocycles. The Kier molecular flexibility index (Phi) is 3.86. The largest absolute Gasteiger partial charge is 0.358 e. The fraction of sp³-hybridized carbons (Fsp3) is 0.417. The summed E-state index contributed by atoms with van der Waals surface area (Å²) in [6.45, 7) is 3.30. The Morgan fingerprint density at radius 1 is 1.59 bits per heavy atom. The molecule has 0 bridgehead atoms. The highest BCUT2D eigenvalue weighted by Gasteiger charge is 2.23. The third-order valence-corrected chi connectivity index (χ3v) is 2.91. The minimum Gasteiger partial charge on any atom is -0.358 e. The number of hydrogen-bond donors (Lipinski definition) is 1. The lowest BCUT2D eigenvalue weighted by atomic mass is 10.3. The molecule has 0 spiro atoms. The lowest BCUT2D eigenvalue weighted by molar-refractivity contribution is -0.0572. The van der Waals surface area contributed by atoms with E-state index >= 15 is 0 Å². The van der Waals surface area contributed by atoms with Crippen LogP contribution in [0.3, 0.4) is 0 Å². The summed E-state index contributed by atoms with van der Waals surface area (Å²) in [6.07, 6.45) is 0.691. The molecule has 2 rings (SSSR count). The Bertz CT molecular complexity index is 411. The van der Waals surface area contributed by atoms with Crippen LogP contribution in [0.15, 0.2) is 24.3 Å². The molecule has 1 heterocycles. The van der Waals surface area contributed by atoms with E-state index in [1.807, 2.05) is 6.92 Å². The number of hydrogen-bond acceptors (Lipinski definition) is 2. The summed E-state index contributed by atoms with van der Waals surface area (Å²) in [5.41, 5.74) is 0.695. The molecule has 1 aromatic rings. The first kappa shape index (κ1) is 12.2. The number of amides is 2. The van der Waals surface area contributed by atoms with Crippen molar-refractivity contribution in [1.82, 2.24) is 4.90 Å². The van der Waals surface area contributed by atoms with E-state index in [0.717, 1.165) is 6.42 Å². The fourth-order valence-electron chi connectivity index (χ4n) is 1.79. The second-order valence-electron chi connectivity index (χ2n) is 3.96. The van der Waals surface area contributed by atoms with Gasteiger partial charge in [-0.25, -0.2) is 4.79 Å². The van der Waals surface area contributed by atoms with E-state index in [-0.39, 0.29) is 12.3 Å². The highest BCUT2D eigenvalue weighted by Crippen LogP contribution is 2.17. The second kappa shape index (κ2) is 5.38. The number of carbonyl (C=O) groups excluding carboxylic acids is 1. The summed E-state index contributed by atoms with van der Waals surface area (Å²) in [6, 6.07) is 6.94. The Hall–Kier alpha value is -1.26. The SMILES string of the molecule is CC1OCCCN1C(=O)Nc1cccc(Cl)c1. The van der Waals surface area contributed by atoms with Crippen molar-refractivity contribution in [3.8, 4) is 0 Å². The van der Waals surface area contributed by atoms with Gasteiger partial charge in [0.1, 0.15) is 6.23 Å². The maximum Gasteiger partial charge on any atom is 0.323 e. The van der Waals surface area contributed by atoms with Crippen molar-refractivity contribution in [3.63, 3.8) is 0 Å². The molecule has 1 atom stereocenters. The van der Waals surface area contributed by atoms with Crippen LogP contribution in [0.4, 0.5) is 10.5 Å². The lowest BCUT2D eigenvalue weighted by Gasteiger charge is -2.33. The minimum atomic E-state index is -0.178. The predicted molar refractivity (Wildman–Crippen MR) is 67.2 cm³/mol.